The summed E-state index contributed by atoms with van der Waals surface area (Å²) in [5.74, 6) is 1.33. The number of aryl methyl sites for hydroxylation is 1. The van der Waals surface area contributed by atoms with Crippen LogP contribution in [0.4, 0.5) is 17.1 Å². The second-order valence-corrected chi connectivity index (χ2v) is 6.84. The quantitative estimate of drug-likeness (QED) is 0.699. The van der Waals surface area contributed by atoms with Gasteiger partial charge in [0.2, 0.25) is 0 Å². The van der Waals surface area contributed by atoms with Gasteiger partial charge < -0.3 is 19.7 Å². The molecule has 0 atom stereocenters. The van der Waals surface area contributed by atoms with Crippen molar-refractivity contribution >= 4 is 23.0 Å². The first-order valence-corrected chi connectivity index (χ1v) is 9.53. The zero-order chi connectivity index (χ0) is 20.2. The number of carbonyl (C=O) groups excluding carboxylic acids is 1. The van der Waals surface area contributed by atoms with Crippen LogP contribution in [0.3, 0.4) is 0 Å². The average Bonchev–Trinajstić information content (AvgIpc) is 2.78. The normalized spacial score (nSPS) is 12.8. The number of carbonyl (C=O) groups is 1. The summed E-state index contributed by atoms with van der Waals surface area (Å²) in [6.07, 6.45) is 5.23. The van der Waals surface area contributed by atoms with Gasteiger partial charge >= 0.3 is 0 Å². The fourth-order valence-electron chi connectivity index (χ4n) is 3.59. The highest BCUT2D eigenvalue weighted by molar-refractivity contribution is 6.07. The van der Waals surface area contributed by atoms with Gasteiger partial charge in [0, 0.05) is 24.5 Å². The highest BCUT2D eigenvalue weighted by atomic mass is 16.5. The molecular formula is C23H23N3O3. The molecule has 1 aliphatic rings. The van der Waals surface area contributed by atoms with Crippen LogP contribution in [0, 0.1) is 0 Å². The predicted octanol–water partition coefficient (Wildman–Crippen LogP) is 4.44. The van der Waals surface area contributed by atoms with Crippen LogP contribution in [0.5, 0.6) is 11.5 Å². The highest BCUT2D eigenvalue weighted by Crippen LogP contribution is 2.32. The molecule has 1 aromatic heterocycles. The number of fused-ring (bicyclic) bond motifs is 1. The van der Waals surface area contributed by atoms with Crippen molar-refractivity contribution < 1.29 is 14.3 Å². The number of para-hydroxylation sites is 1. The number of anilines is 3. The van der Waals surface area contributed by atoms with Crippen molar-refractivity contribution in [1.82, 2.24) is 4.98 Å². The summed E-state index contributed by atoms with van der Waals surface area (Å²) in [5.41, 5.74) is 4.16. The predicted molar refractivity (Wildman–Crippen MR) is 114 cm³/mol. The lowest BCUT2D eigenvalue weighted by Gasteiger charge is -2.29. The molecule has 1 aliphatic heterocycles. The van der Waals surface area contributed by atoms with E-state index in [2.05, 4.69) is 16.4 Å². The Morgan fingerprint density at radius 1 is 1.07 bits per heavy atom. The van der Waals surface area contributed by atoms with Gasteiger partial charge in [-0.25, -0.2) is 0 Å². The maximum Gasteiger partial charge on any atom is 0.259 e. The Balaban J connectivity index is 1.61. The van der Waals surface area contributed by atoms with Gasteiger partial charge in [0.15, 0.2) is 0 Å². The third-order valence-electron chi connectivity index (χ3n) is 5.03. The molecule has 1 N–H and O–H groups in total. The lowest BCUT2D eigenvalue weighted by Crippen LogP contribution is -2.35. The number of nitrogens with one attached hydrogen (secondary N) is 1. The van der Waals surface area contributed by atoms with Crippen LogP contribution in [0.15, 0.2) is 60.9 Å². The molecule has 0 saturated heterocycles. The second kappa shape index (κ2) is 8.22. The Morgan fingerprint density at radius 3 is 2.76 bits per heavy atom. The fraction of sp³-hybridized carbons (Fsp3) is 0.217. The van der Waals surface area contributed by atoms with E-state index in [-0.39, 0.29) is 5.91 Å². The van der Waals surface area contributed by atoms with Gasteiger partial charge in [-0.1, -0.05) is 18.2 Å². The largest absolute Gasteiger partial charge is 0.497 e. The van der Waals surface area contributed by atoms with Gasteiger partial charge in [-0.15, -0.1) is 0 Å². The summed E-state index contributed by atoms with van der Waals surface area (Å²) in [7, 11) is 3.22. The van der Waals surface area contributed by atoms with Crippen LogP contribution in [-0.4, -0.2) is 31.7 Å². The van der Waals surface area contributed by atoms with Gasteiger partial charge in [0.05, 0.1) is 37.4 Å². The zero-order valence-electron chi connectivity index (χ0n) is 16.5. The number of methoxy groups -OCH3 is 2. The number of amides is 1. The lowest BCUT2D eigenvalue weighted by molar-refractivity contribution is 0.0985. The van der Waals surface area contributed by atoms with E-state index in [0.29, 0.717) is 29.3 Å². The van der Waals surface area contributed by atoms with Crippen LogP contribution in [-0.2, 0) is 6.42 Å². The standard InChI is InChI=1S/C23H23N3O3/c1-28-19-9-10-22(29-2)20(13-19)25-18-12-17(14-24-15-18)23(27)26-11-5-7-16-6-3-4-8-21(16)26/h3-4,6,8-10,12-15,25H,5,7,11H2,1-2H3. The maximum atomic E-state index is 13.2. The van der Waals surface area contributed by atoms with E-state index < -0.39 is 0 Å². The smallest absolute Gasteiger partial charge is 0.259 e. The highest BCUT2D eigenvalue weighted by Gasteiger charge is 2.23. The molecule has 0 spiro atoms. The number of nitrogens with zero attached hydrogens (tertiary/aromatic N) is 2. The van der Waals surface area contributed by atoms with Gasteiger partial charge in [0.25, 0.3) is 5.91 Å². The van der Waals surface area contributed by atoms with Gasteiger partial charge in [-0.3, -0.25) is 9.78 Å². The van der Waals surface area contributed by atoms with Crippen LogP contribution in [0.1, 0.15) is 22.3 Å². The molecule has 2 heterocycles. The van der Waals surface area contributed by atoms with Crippen LogP contribution < -0.4 is 19.7 Å². The van der Waals surface area contributed by atoms with Crippen molar-refractivity contribution in [3.05, 3.63) is 72.1 Å². The van der Waals surface area contributed by atoms with E-state index in [1.54, 1.807) is 26.6 Å². The summed E-state index contributed by atoms with van der Waals surface area (Å²) >= 11 is 0. The summed E-state index contributed by atoms with van der Waals surface area (Å²) in [5, 5.41) is 3.28. The third-order valence-corrected chi connectivity index (χ3v) is 5.03. The third kappa shape index (κ3) is 3.87. The Labute approximate surface area is 170 Å². The summed E-state index contributed by atoms with van der Waals surface area (Å²) in [4.78, 5) is 19.3. The second-order valence-electron chi connectivity index (χ2n) is 6.84. The molecule has 3 aromatic rings. The summed E-state index contributed by atoms with van der Waals surface area (Å²) in [6, 6.07) is 15.4. The molecule has 6 heteroatoms. The number of pyridine rings is 1. The number of hydrogen-bond donors (Lipinski definition) is 1. The topological polar surface area (TPSA) is 63.7 Å². The molecule has 0 unspecified atom stereocenters. The van der Waals surface area contributed by atoms with Crippen molar-refractivity contribution in [2.45, 2.75) is 12.8 Å². The first-order chi connectivity index (χ1) is 14.2. The molecule has 0 bridgehead atoms. The lowest BCUT2D eigenvalue weighted by atomic mass is 10.0. The Bertz CT molecular complexity index is 1040. The summed E-state index contributed by atoms with van der Waals surface area (Å²) < 4.78 is 10.7. The van der Waals surface area contributed by atoms with Crippen LogP contribution in [0.25, 0.3) is 0 Å². The van der Waals surface area contributed by atoms with Crippen LogP contribution >= 0.6 is 0 Å². The molecule has 2 aromatic carbocycles. The van der Waals surface area contributed by atoms with E-state index in [1.807, 2.05) is 47.4 Å². The van der Waals surface area contributed by atoms with E-state index >= 15 is 0 Å². The molecular weight excluding hydrogens is 366 g/mol. The molecule has 29 heavy (non-hydrogen) atoms. The van der Waals surface area contributed by atoms with E-state index in [0.717, 1.165) is 24.2 Å². The molecule has 0 saturated carbocycles. The zero-order valence-corrected chi connectivity index (χ0v) is 16.5. The van der Waals surface area contributed by atoms with Crippen molar-refractivity contribution in [3.63, 3.8) is 0 Å². The Hall–Kier alpha value is -3.54. The average molecular weight is 389 g/mol. The Morgan fingerprint density at radius 2 is 1.93 bits per heavy atom. The van der Waals surface area contributed by atoms with Crippen molar-refractivity contribution in [2.75, 3.05) is 31.0 Å². The van der Waals surface area contributed by atoms with Crippen molar-refractivity contribution in [3.8, 4) is 11.5 Å². The number of rotatable bonds is 5. The number of aromatic nitrogens is 1. The van der Waals surface area contributed by atoms with E-state index in [1.165, 1.54) is 5.56 Å². The minimum absolute atomic E-state index is 0.0501. The summed E-state index contributed by atoms with van der Waals surface area (Å²) in [6.45, 7) is 0.706. The first kappa shape index (κ1) is 18.8. The monoisotopic (exact) mass is 389 g/mol. The van der Waals surface area contributed by atoms with E-state index in [9.17, 15) is 4.79 Å². The molecule has 4 rings (SSSR count). The minimum Gasteiger partial charge on any atom is -0.497 e. The molecule has 1 amide bonds. The minimum atomic E-state index is -0.0501. The Kier molecular flexibility index (Phi) is 5.33. The van der Waals surface area contributed by atoms with E-state index in [4.69, 9.17) is 9.47 Å². The molecule has 0 fully saturated rings. The number of benzene rings is 2. The molecule has 0 radical (unpaired) electrons. The molecule has 6 nitrogen and oxygen atoms in total. The molecule has 148 valence electrons. The van der Waals surface area contributed by atoms with Gasteiger partial charge in [-0.2, -0.15) is 0 Å². The van der Waals surface area contributed by atoms with Crippen molar-refractivity contribution in [2.24, 2.45) is 0 Å². The fourth-order valence-corrected chi connectivity index (χ4v) is 3.59. The number of ether oxygens (including phenoxy) is 2. The van der Waals surface area contributed by atoms with Gasteiger partial charge in [-0.05, 0) is 42.7 Å². The maximum absolute atomic E-state index is 13.2. The van der Waals surface area contributed by atoms with Gasteiger partial charge in [0.1, 0.15) is 11.5 Å². The van der Waals surface area contributed by atoms with Crippen LogP contribution in [0.2, 0.25) is 0 Å². The number of hydrogen-bond acceptors (Lipinski definition) is 5. The molecule has 0 aliphatic carbocycles. The SMILES string of the molecule is COc1ccc(OC)c(Nc2cncc(C(=O)N3CCCc4ccccc43)c2)c1. The first-order valence-electron chi connectivity index (χ1n) is 9.53. The van der Waals surface area contributed by atoms with Crippen molar-refractivity contribution in [1.29, 1.82) is 0 Å².